The molecule has 0 spiro atoms. The van der Waals surface area contributed by atoms with E-state index >= 15 is 0 Å². The van der Waals surface area contributed by atoms with Crippen LogP contribution in [0.2, 0.25) is 0 Å². The van der Waals surface area contributed by atoms with Crippen molar-refractivity contribution in [3.05, 3.63) is 35.9 Å². The van der Waals surface area contributed by atoms with Crippen LogP contribution in [0.3, 0.4) is 0 Å². The van der Waals surface area contributed by atoms with Gasteiger partial charge in [-0.05, 0) is 37.7 Å². The quantitative estimate of drug-likeness (QED) is 0.731. The standard InChI is InChI=1S/C20H27NO/c1-3-8-20(16-9-6-5-7-10-16)22-19-14-17-11-12-18(15-19)21(17)13-4-2/h2,5-7,9-10,17-20H,3,8,11-15H2,1H3/t17-,18+,19?,20?. The van der Waals surface area contributed by atoms with Crippen LogP contribution in [0.5, 0.6) is 0 Å². The van der Waals surface area contributed by atoms with E-state index < -0.39 is 0 Å². The van der Waals surface area contributed by atoms with Gasteiger partial charge < -0.3 is 4.74 Å². The normalized spacial score (nSPS) is 29.2. The molecule has 2 heterocycles. The molecule has 3 rings (SSSR count). The molecule has 4 atom stereocenters. The van der Waals surface area contributed by atoms with E-state index in [1.54, 1.807) is 0 Å². The van der Waals surface area contributed by atoms with Crippen molar-refractivity contribution in [2.24, 2.45) is 0 Å². The summed E-state index contributed by atoms with van der Waals surface area (Å²) < 4.78 is 6.55. The molecule has 1 aromatic carbocycles. The molecule has 0 N–H and O–H groups in total. The maximum Gasteiger partial charge on any atom is 0.0828 e. The maximum atomic E-state index is 6.55. The molecule has 2 heteroatoms. The van der Waals surface area contributed by atoms with Crippen LogP contribution in [0.4, 0.5) is 0 Å². The molecule has 2 aliphatic rings. The number of benzene rings is 1. The fourth-order valence-electron chi connectivity index (χ4n) is 4.17. The van der Waals surface area contributed by atoms with Crippen molar-refractivity contribution >= 4 is 0 Å². The lowest BCUT2D eigenvalue weighted by molar-refractivity contribution is -0.0631. The third-order valence-electron chi connectivity index (χ3n) is 5.19. The van der Waals surface area contributed by atoms with Crippen LogP contribution < -0.4 is 0 Å². The number of terminal acetylenes is 1. The lowest BCUT2D eigenvalue weighted by Crippen LogP contribution is -2.45. The van der Waals surface area contributed by atoms with Gasteiger partial charge in [0.1, 0.15) is 0 Å². The Balaban J connectivity index is 1.64. The Morgan fingerprint density at radius 2 is 1.91 bits per heavy atom. The van der Waals surface area contributed by atoms with Gasteiger partial charge in [-0.2, -0.15) is 0 Å². The Kier molecular flexibility index (Phi) is 5.18. The topological polar surface area (TPSA) is 12.5 Å². The SMILES string of the molecule is C#CCN1[C@@H]2CC[C@H]1CC(OC(CCC)c1ccccc1)C2. The Labute approximate surface area is 134 Å². The van der Waals surface area contributed by atoms with Crippen LogP contribution in [-0.2, 0) is 4.74 Å². The van der Waals surface area contributed by atoms with Crippen LogP contribution in [0, 0.1) is 12.3 Å². The first-order valence-corrected chi connectivity index (χ1v) is 8.71. The molecule has 0 saturated carbocycles. The Hall–Kier alpha value is -1.30. The predicted octanol–water partition coefficient (Wildman–Crippen LogP) is 4.17. The summed E-state index contributed by atoms with van der Waals surface area (Å²) in [5, 5.41) is 0. The van der Waals surface area contributed by atoms with Gasteiger partial charge in [0.05, 0.1) is 18.8 Å². The summed E-state index contributed by atoms with van der Waals surface area (Å²) in [7, 11) is 0. The largest absolute Gasteiger partial charge is 0.370 e. The van der Waals surface area contributed by atoms with Gasteiger partial charge in [-0.25, -0.2) is 0 Å². The van der Waals surface area contributed by atoms with Crippen molar-refractivity contribution in [1.82, 2.24) is 4.90 Å². The average molecular weight is 297 g/mol. The highest BCUT2D eigenvalue weighted by atomic mass is 16.5. The molecule has 1 aromatic rings. The molecule has 2 nitrogen and oxygen atoms in total. The predicted molar refractivity (Wildman–Crippen MR) is 90.5 cm³/mol. The van der Waals surface area contributed by atoms with Gasteiger partial charge in [0.2, 0.25) is 0 Å². The zero-order valence-electron chi connectivity index (χ0n) is 13.6. The molecule has 0 amide bonds. The number of hydrogen-bond donors (Lipinski definition) is 0. The van der Waals surface area contributed by atoms with Gasteiger partial charge >= 0.3 is 0 Å². The third-order valence-corrected chi connectivity index (χ3v) is 5.19. The monoisotopic (exact) mass is 297 g/mol. The molecule has 0 radical (unpaired) electrons. The van der Waals surface area contributed by atoms with E-state index in [-0.39, 0.29) is 6.10 Å². The van der Waals surface area contributed by atoms with E-state index in [1.165, 1.54) is 18.4 Å². The van der Waals surface area contributed by atoms with Crippen LogP contribution in [0.15, 0.2) is 30.3 Å². The lowest BCUT2D eigenvalue weighted by atomic mass is 9.98. The van der Waals surface area contributed by atoms with Crippen molar-refractivity contribution < 1.29 is 4.74 Å². The smallest absolute Gasteiger partial charge is 0.0828 e. The Morgan fingerprint density at radius 1 is 1.23 bits per heavy atom. The molecule has 2 unspecified atom stereocenters. The molecule has 2 aliphatic heterocycles. The summed E-state index contributed by atoms with van der Waals surface area (Å²) in [5.41, 5.74) is 1.32. The first-order chi connectivity index (χ1) is 10.8. The average Bonchev–Trinajstić information content (AvgIpc) is 2.79. The zero-order valence-corrected chi connectivity index (χ0v) is 13.6. The number of hydrogen-bond acceptors (Lipinski definition) is 2. The van der Waals surface area contributed by atoms with Crippen LogP contribution in [0.1, 0.15) is 57.1 Å². The molecule has 2 bridgehead atoms. The van der Waals surface area contributed by atoms with Crippen LogP contribution in [0.25, 0.3) is 0 Å². The summed E-state index contributed by atoms with van der Waals surface area (Å²) in [6.07, 6.45) is 13.3. The van der Waals surface area contributed by atoms with Crippen molar-refractivity contribution in [2.45, 2.75) is 69.7 Å². The van der Waals surface area contributed by atoms with Gasteiger partial charge in [-0.1, -0.05) is 49.6 Å². The second kappa shape index (κ2) is 7.31. The van der Waals surface area contributed by atoms with Crippen LogP contribution >= 0.6 is 0 Å². The van der Waals surface area contributed by atoms with Gasteiger partial charge in [-0.15, -0.1) is 6.42 Å². The summed E-state index contributed by atoms with van der Waals surface area (Å²) >= 11 is 0. The molecule has 0 aliphatic carbocycles. The van der Waals surface area contributed by atoms with E-state index in [4.69, 9.17) is 11.2 Å². The summed E-state index contributed by atoms with van der Waals surface area (Å²) in [6.45, 7) is 3.04. The Morgan fingerprint density at radius 3 is 2.50 bits per heavy atom. The second-order valence-corrected chi connectivity index (χ2v) is 6.68. The molecule has 118 valence electrons. The zero-order chi connectivity index (χ0) is 15.4. The molecular formula is C20H27NO. The molecule has 22 heavy (non-hydrogen) atoms. The maximum absolute atomic E-state index is 6.55. The van der Waals surface area contributed by atoms with Crippen molar-refractivity contribution in [3.63, 3.8) is 0 Å². The van der Waals surface area contributed by atoms with Gasteiger partial charge in [-0.3, -0.25) is 4.90 Å². The van der Waals surface area contributed by atoms with Crippen molar-refractivity contribution in [1.29, 1.82) is 0 Å². The minimum Gasteiger partial charge on any atom is -0.370 e. The van der Waals surface area contributed by atoms with E-state index in [0.29, 0.717) is 18.2 Å². The molecule has 2 fully saturated rings. The summed E-state index contributed by atoms with van der Waals surface area (Å²) in [5.74, 6) is 2.83. The fraction of sp³-hybridized carbons (Fsp3) is 0.600. The highest BCUT2D eigenvalue weighted by Gasteiger charge is 2.41. The molecule has 2 saturated heterocycles. The van der Waals surface area contributed by atoms with Gasteiger partial charge in [0.25, 0.3) is 0 Å². The van der Waals surface area contributed by atoms with Gasteiger partial charge in [0, 0.05) is 12.1 Å². The summed E-state index contributed by atoms with van der Waals surface area (Å²) in [6, 6.07) is 12.0. The third kappa shape index (κ3) is 3.37. The van der Waals surface area contributed by atoms with Crippen molar-refractivity contribution in [2.75, 3.05) is 6.54 Å². The number of fused-ring (bicyclic) bond motifs is 2. The highest BCUT2D eigenvalue weighted by molar-refractivity contribution is 5.17. The fourth-order valence-corrected chi connectivity index (χ4v) is 4.17. The van der Waals surface area contributed by atoms with Crippen molar-refractivity contribution in [3.8, 4) is 12.3 Å². The minimum atomic E-state index is 0.245. The van der Waals surface area contributed by atoms with E-state index in [2.05, 4.69) is 48.1 Å². The summed E-state index contributed by atoms with van der Waals surface area (Å²) in [4.78, 5) is 2.53. The number of piperidine rings is 1. The highest BCUT2D eigenvalue weighted by Crippen LogP contribution is 2.38. The van der Waals surface area contributed by atoms with E-state index in [0.717, 1.165) is 32.2 Å². The molecule has 0 aromatic heterocycles. The van der Waals surface area contributed by atoms with Crippen LogP contribution in [-0.4, -0.2) is 29.6 Å². The number of rotatable bonds is 6. The van der Waals surface area contributed by atoms with E-state index in [1.807, 2.05) is 0 Å². The van der Waals surface area contributed by atoms with E-state index in [9.17, 15) is 0 Å². The number of nitrogens with zero attached hydrogens (tertiary/aromatic N) is 1. The first kappa shape index (κ1) is 15.6. The lowest BCUT2D eigenvalue weighted by Gasteiger charge is -2.39. The molecular weight excluding hydrogens is 270 g/mol. The Bertz CT molecular complexity index is 492. The number of ether oxygens (including phenoxy) is 1. The minimum absolute atomic E-state index is 0.245. The second-order valence-electron chi connectivity index (χ2n) is 6.68. The van der Waals surface area contributed by atoms with Gasteiger partial charge in [0.15, 0.2) is 0 Å². The first-order valence-electron chi connectivity index (χ1n) is 8.71.